The number of nitrogens with one attached hydrogen (secondary N) is 1. The lowest BCUT2D eigenvalue weighted by atomic mass is 9.98. The molecule has 1 aromatic rings. The van der Waals surface area contributed by atoms with E-state index in [0.717, 1.165) is 5.56 Å². The average Bonchev–Trinajstić information content (AvgIpc) is 2.87. The van der Waals surface area contributed by atoms with Gasteiger partial charge >= 0.3 is 12.0 Å². The zero-order valence-electron chi connectivity index (χ0n) is 10.7. The second-order valence-corrected chi connectivity index (χ2v) is 4.69. The molecule has 102 valence electrons. The molecule has 4 N–H and O–H groups in total. The summed E-state index contributed by atoms with van der Waals surface area (Å²) < 4.78 is 0. The van der Waals surface area contributed by atoms with Crippen LogP contribution in [0.25, 0.3) is 0 Å². The molecule has 19 heavy (non-hydrogen) atoms. The Bertz CT molecular complexity index is 504. The molecule has 0 saturated carbocycles. The zero-order chi connectivity index (χ0) is 14.0. The van der Waals surface area contributed by atoms with Crippen LogP contribution >= 0.6 is 0 Å². The number of para-hydroxylation sites is 1. The lowest BCUT2D eigenvalue weighted by Gasteiger charge is -2.22. The SMILES string of the molecule is CN(C(N)=O)c1ccccc1C1CC(C(=O)O)CN1. The summed E-state index contributed by atoms with van der Waals surface area (Å²) in [6.45, 7) is 0.439. The minimum absolute atomic E-state index is 0.0703. The predicted molar refractivity (Wildman–Crippen MR) is 70.9 cm³/mol. The third-order valence-corrected chi connectivity index (χ3v) is 3.48. The summed E-state index contributed by atoms with van der Waals surface area (Å²) in [6, 6.07) is 6.76. The van der Waals surface area contributed by atoms with E-state index in [1.165, 1.54) is 4.90 Å². The molecule has 2 amide bonds. The van der Waals surface area contributed by atoms with Crippen LogP contribution in [0, 0.1) is 5.92 Å². The molecule has 2 rings (SSSR count). The molecule has 6 heteroatoms. The van der Waals surface area contributed by atoms with Gasteiger partial charge in [-0.25, -0.2) is 4.79 Å². The highest BCUT2D eigenvalue weighted by atomic mass is 16.4. The van der Waals surface area contributed by atoms with Gasteiger partial charge in [0.15, 0.2) is 0 Å². The molecule has 1 fully saturated rings. The maximum absolute atomic E-state index is 11.3. The second-order valence-electron chi connectivity index (χ2n) is 4.69. The Kier molecular flexibility index (Phi) is 3.71. The highest BCUT2D eigenvalue weighted by Crippen LogP contribution is 2.33. The van der Waals surface area contributed by atoms with Gasteiger partial charge in [-0.2, -0.15) is 0 Å². The molecule has 1 saturated heterocycles. The summed E-state index contributed by atoms with van der Waals surface area (Å²) >= 11 is 0. The molecule has 1 aliphatic rings. The number of carbonyl (C=O) groups is 2. The number of carbonyl (C=O) groups excluding carboxylic acids is 1. The van der Waals surface area contributed by atoms with Crippen LogP contribution in [0.1, 0.15) is 18.0 Å². The molecule has 6 nitrogen and oxygen atoms in total. The summed E-state index contributed by atoms with van der Waals surface area (Å²) in [4.78, 5) is 23.6. The molecule has 2 atom stereocenters. The van der Waals surface area contributed by atoms with E-state index in [1.807, 2.05) is 18.2 Å². The van der Waals surface area contributed by atoms with Crippen LogP contribution in [0.15, 0.2) is 24.3 Å². The number of carboxylic acids is 1. The number of primary amides is 1. The quantitative estimate of drug-likeness (QED) is 0.756. The van der Waals surface area contributed by atoms with E-state index in [2.05, 4.69) is 5.32 Å². The van der Waals surface area contributed by atoms with Crippen LogP contribution in [0.2, 0.25) is 0 Å². The van der Waals surface area contributed by atoms with Gasteiger partial charge in [-0.3, -0.25) is 9.69 Å². The fourth-order valence-corrected chi connectivity index (χ4v) is 2.37. The highest BCUT2D eigenvalue weighted by Gasteiger charge is 2.31. The number of hydrogen-bond acceptors (Lipinski definition) is 3. The van der Waals surface area contributed by atoms with Crippen LogP contribution in [0.4, 0.5) is 10.5 Å². The molecular weight excluding hydrogens is 246 g/mol. The molecule has 0 aromatic heterocycles. The summed E-state index contributed by atoms with van der Waals surface area (Å²) in [6.07, 6.45) is 0.513. The number of nitrogens with zero attached hydrogens (tertiary/aromatic N) is 1. The largest absolute Gasteiger partial charge is 0.481 e. The fraction of sp³-hybridized carbons (Fsp3) is 0.385. The molecule has 0 bridgehead atoms. The standard InChI is InChI=1S/C13H17N3O3/c1-16(13(14)19)11-5-3-2-4-9(11)10-6-8(7-15-10)12(17)18/h2-5,8,10,15H,6-7H2,1H3,(H2,14,19)(H,17,18). The van der Waals surface area contributed by atoms with E-state index in [1.54, 1.807) is 13.1 Å². The van der Waals surface area contributed by atoms with Crippen LogP contribution in [-0.4, -0.2) is 30.7 Å². The van der Waals surface area contributed by atoms with Gasteiger partial charge in [0.05, 0.1) is 5.92 Å². The first-order chi connectivity index (χ1) is 9.00. The normalized spacial score (nSPS) is 22.2. The van der Waals surface area contributed by atoms with Crippen molar-refractivity contribution in [2.75, 3.05) is 18.5 Å². The van der Waals surface area contributed by atoms with Crippen molar-refractivity contribution in [1.29, 1.82) is 0 Å². The maximum atomic E-state index is 11.3. The number of amides is 2. The number of nitrogens with two attached hydrogens (primary N) is 1. The molecule has 0 spiro atoms. The van der Waals surface area contributed by atoms with Crippen molar-refractivity contribution in [2.24, 2.45) is 11.7 Å². The monoisotopic (exact) mass is 263 g/mol. The van der Waals surface area contributed by atoms with Gasteiger partial charge in [0.1, 0.15) is 0 Å². The summed E-state index contributed by atoms with van der Waals surface area (Å²) in [5.41, 5.74) is 6.89. The van der Waals surface area contributed by atoms with E-state index >= 15 is 0 Å². The number of carboxylic acid groups (broad SMARTS) is 1. The van der Waals surface area contributed by atoms with Crippen molar-refractivity contribution >= 4 is 17.7 Å². The van der Waals surface area contributed by atoms with Crippen LogP contribution < -0.4 is 16.0 Å². The third-order valence-electron chi connectivity index (χ3n) is 3.48. The first kappa shape index (κ1) is 13.4. The molecular formula is C13H17N3O3. The lowest BCUT2D eigenvalue weighted by molar-refractivity contribution is -0.141. The number of rotatable bonds is 3. The van der Waals surface area contributed by atoms with Gasteiger partial charge in [0.2, 0.25) is 0 Å². The Morgan fingerprint density at radius 1 is 1.42 bits per heavy atom. The molecule has 1 heterocycles. The molecule has 0 aliphatic carbocycles. The van der Waals surface area contributed by atoms with Crippen molar-refractivity contribution in [1.82, 2.24) is 5.32 Å². The van der Waals surface area contributed by atoms with Crippen LogP contribution in [-0.2, 0) is 4.79 Å². The van der Waals surface area contributed by atoms with Gasteiger partial charge < -0.3 is 16.2 Å². The Labute approximate surface area is 111 Å². The zero-order valence-corrected chi connectivity index (χ0v) is 10.7. The number of urea groups is 1. The Morgan fingerprint density at radius 3 is 2.68 bits per heavy atom. The number of anilines is 1. The Hall–Kier alpha value is -2.08. The first-order valence-electron chi connectivity index (χ1n) is 6.09. The van der Waals surface area contributed by atoms with E-state index < -0.39 is 17.9 Å². The average molecular weight is 263 g/mol. The summed E-state index contributed by atoms with van der Waals surface area (Å²) in [5.74, 6) is -1.19. The number of hydrogen-bond donors (Lipinski definition) is 3. The summed E-state index contributed by atoms with van der Waals surface area (Å²) in [5, 5.41) is 12.2. The molecule has 2 unspecified atom stereocenters. The van der Waals surface area contributed by atoms with Gasteiger partial charge in [0, 0.05) is 25.3 Å². The first-order valence-corrected chi connectivity index (χ1v) is 6.09. The Morgan fingerprint density at radius 2 is 2.11 bits per heavy atom. The van der Waals surface area contributed by atoms with E-state index in [4.69, 9.17) is 10.8 Å². The van der Waals surface area contributed by atoms with Crippen molar-refractivity contribution in [3.8, 4) is 0 Å². The number of benzene rings is 1. The van der Waals surface area contributed by atoms with Crippen LogP contribution in [0.5, 0.6) is 0 Å². The minimum atomic E-state index is -0.796. The minimum Gasteiger partial charge on any atom is -0.481 e. The van der Waals surface area contributed by atoms with Gasteiger partial charge in [0.25, 0.3) is 0 Å². The third kappa shape index (κ3) is 2.68. The summed E-state index contributed by atoms with van der Waals surface area (Å²) in [7, 11) is 1.60. The van der Waals surface area contributed by atoms with Gasteiger partial charge in [-0.15, -0.1) is 0 Å². The van der Waals surface area contributed by atoms with Crippen LogP contribution in [0.3, 0.4) is 0 Å². The topological polar surface area (TPSA) is 95.7 Å². The molecule has 0 radical (unpaired) electrons. The van der Waals surface area contributed by atoms with Crippen molar-refractivity contribution in [2.45, 2.75) is 12.5 Å². The smallest absolute Gasteiger partial charge is 0.319 e. The molecule has 1 aromatic carbocycles. The number of aliphatic carboxylic acids is 1. The lowest BCUT2D eigenvalue weighted by Crippen LogP contribution is -2.33. The van der Waals surface area contributed by atoms with Gasteiger partial charge in [-0.1, -0.05) is 18.2 Å². The van der Waals surface area contributed by atoms with Crippen molar-refractivity contribution in [3.63, 3.8) is 0 Å². The van der Waals surface area contributed by atoms with Crippen molar-refractivity contribution in [3.05, 3.63) is 29.8 Å². The Balaban J connectivity index is 2.26. The second kappa shape index (κ2) is 5.27. The maximum Gasteiger partial charge on any atom is 0.319 e. The van der Waals surface area contributed by atoms with Crippen molar-refractivity contribution < 1.29 is 14.7 Å². The fourth-order valence-electron chi connectivity index (χ4n) is 2.37. The van der Waals surface area contributed by atoms with E-state index in [-0.39, 0.29) is 6.04 Å². The van der Waals surface area contributed by atoms with E-state index in [0.29, 0.717) is 18.7 Å². The van der Waals surface area contributed by atoms with E-state index in [9.17, 15) is 9.59 Å². The van der Waals surface area contributed by atoms with Gasteiger partial charge in [-0.05, 0) is 18.1 Å². The molecule has 1 aliphatic heterocycles. The predicted octanol–water partition coefficient (Wildman–Crippen LogP) is 0.937. The highest BCUT2D eigenvalue weighted by molar-refractivity contribution is 5.91.